The van der Waals surface area contributed by atoms with Gasteiger partial charge in [-0.15, -0.1) is 0 Å². The van der Waals surface area contributed by atoms with E-state index in [1.165, 1.54) is 21.1 Å². The molecular weight excluding hydrogens is 350 g/mol. The minimum atomic E-state index is -1.40. The highest BCUT2D eigenvalue weighted by Crippen LogP contribution is 2.29. The fourth-order valence-electron chi connectivity index (χ4n) is 3.20. The molecule has 0 saturated carbocycles. The average Bonchev–Trinajstić information content (AvgIpc) is 2.58. The van der Waals surface area contributed by atoms with Crippen LogP contribution >= 0.6 is 0 Å². The van der Waals surface area contributed by atoms with Crippen molar-refractivity contribution in [3.05, 3.63) is 0 Å². The summed E-state index contributed by atoms with van der Waals surface area (Å²) in [6, 6.07) is -1.01. The van der Waals surface area contributed by atoms with Crippen molar-refractivity contribution in [3.8, 4) is 0 Å². The molecule has 0 aliphatic carbocycles. The number of hydrogen-bond acceptors (Lipinski definition) is 9. The van der Waals surface area contributed by atoms with Crippen molar-refractivity contribution in [2.45, 2.75) is 75.5 Å². The van der Waals surface area contributed by atoms with E-state index < -0.39 is 61.2 Å². The molecule has 2 aliphatic rings. The Morgan fingerprint density at radius 3 is 2.50 bits per heavy atom. The lowest BCUT2D eigenvalue weighted by molar-refractivity contribution is -0.325. The van der Waals surface area contributed by atoms with Crippen molar-refractivity contribution in [1.29, 1.82) is 0 Å². The summed E-state index contributed by atoms with van der Waals surface area (Å²) in [7, 11) is 2.90. The highest BCUT2D eigenvalue weighted by Gasteiger charge is 2.49. The predicted octanol–water partition coefficient (Wildman–Crippen LogP) is -1.89. The Balaban J connectivity index is 2.19. The summed E-state index contributed by atoms with van der Waals surface area (Å²) in [5, 5.41) is 33.4. The number of amides is 1. The van der Waals surface area contributed by atoms with E-state index in [1.54, 1.807) is 6.92 Å². The number of hydrogen-bond donors (Lipinski definition) is 4. The lowest BCUT2D eigenvalue weighted by atomic mass is 9.96. The Labute approximate surface area is 152 Å². The highest BCUT2D eigenvalue weighted by atomic mass is 16.7. The summed E-state index contributed by atoms with van der Waals surface area (Å²) < 4.78 is 27.2. The molecule has 10 heteroatoms. The number of ether oxygens (including phenoxy) is 5. The van der Waals surface area contributed by atoms with Crippen molar-refractivity contribution in [2.75, 3.05) is 20.8 Å². The molecule has 2 rings (SSSR count). The van der Waals surface area contributed by atoms with Crippen LogP contribution < -0.4 is 5.32 Å². The Bertz CT molecular complexity index is 465. The second kappa shape index (κ2) is 9.38. The van der Waals surface area contributed by atoms with E-state index in [1.807, 2.05) is 0 Å². The van der Waals surface area contributed by atoms with Gasteiger partial charge in [0, 0.05) is 27.6 Å². The van der Waals surface area contributed by atoms with Gasteiger partial charge in [0.25, 0.3) is 0 Å². The number of rotatable bonds is 6. The summed E-state index contributed by atoms with van der Waals surface area (Å²) in [6.45, 7) is 3.01. The third kappa shape index (κ3) is 4.90. The van der Waals surface area contributed by atoms with E-state index in [-0.39, 0.29) is 13.0 Å². The SMILES string of the molecule is COC[C@H]1O[C@@H](O)[C@H](NC(C)=O)[C@@H](O[C@@H]2O[C@H](C)[C@@H](O)C[C@@H]2OC)[C@H]1O. The van der Waals surface area contributed by atoms with Gasteiger partial charge in [0.2, 0.25) is 5.91 Å². The van der Waals surface area contributed by atoms with Crippen LogP contribution in [0.25, 0.3) is 0 Å². The summed E-state index contributed by atoms with van der Waals surface area (Å²) in [4.78, 5) is 11.5. The van der Waals surface area contributed by atoms with Crippen molar-refractivity contribution in [3.63, 3.8) is 0 Å². The zero-order valence-electron chi connectivity index (χ0n) is 15.4. The van der Waals surface area contributed by atoms with Crippen LogP contribution in [0.1, 0.15) is 20.3 Å². The molecule has 10 nitrogen and oxygen atoms in total. The van der Waals surface area contributed by atoms with Crippen molar-refractivity contribution >= 4 is 5.91 Å². The van der Waals surface area contributed by atoms with Gasteiger partial charge in [0.15, 0.2) is 12.6 Å². The standard InChI is InChI=1S/C16H29NO9/c1-7-9(19)5-10(23-4)16(24-7)26-14-12(17-8(2)18)15(21)25-11(6-22-3)13(14)20/h7,9-16,19-21H,5-6H2,1-4H3,(H,17,18)/t7-,9+,10+,11-,12-,13+,14-,15-,16+/m1/s1. The monoisotopic (exact) mass is 379 g/mol. The number of aliphatic hydroxyl groups excluding tert-OH is 3. The molecule has 152 valence electrons. The summed E-state index contributed by atoms with van der Waals surface area (Å²) >= 11 is 0. The van der Waals surface area contributed by atoms with Crippen molar-refractivity contribution in [2.24, 2.45) is 0 Å². The van der Waals surface area contributed by atoms with Gasteiger partial charge < -0.3 is 44.3 Å². The van der Waals surface area contributed by atoms with Crippen LogP contribution in [0.15, 0.2) is 0 Å². The van der Waals surface area contributed by atoms with Crippen LogP contribution in [0.3, 0.4) is 0 Å². The second-order valence-electron chi connectivity index (χ2n) is 6.62. The highest BCUT2D eigenvalue weighted by molar-refractivity contribution is 5.73. The molecule has 0 aromatic rings. The molecule has 0 aromatic heterocycles. The molecule has 26 heavy (non-hydrogen) atoms. The van der Waals surface area contributed by atoms with E-state index in [2.05, 4.69) is 5.32 Å². The minimum absolute atomic E-state index is 0.0270. The van der Waals surface area contributed by atoms with E-state index in [9.17, 15) is 20.1 Å². The molecule has 0 aromatic carbocycles. The first kappa shape index (κ1) is 21.5. The Kier molecular flexibility index (Phi) is 7.74. The lowest BCUT2D eigenvalue weighted by Crippen LogP contribution is -2.66. The molecule has 0 spiro atoms. The average molecular weight is 379 g/mol. The summed E-state index contributed by atoms with van der Waals surface area (Å²) in [5.74, 6) is -0.416. The summed E-state index contributed by atoms with van der Waals surface area (Å²) in [5.41, 5.74) is 0. The first-order chi connectivity index (χ1) is 12.3. The van der Waals surface area contributed by atoms with Gasteiger partial charge in [0.05, 0.1) is 18.8 Å². The maximum atomic E-state index is 11.5. The number of methoxy groups -OCH3 is 2. The molecule has 0 radical (unpaired) electrons. The van der Waals surface area contributed by atoms with Crippen LogP contribution in [0.4, 0.5) is 0 Å². The van der Waals surface area contributed by atoms with Crippen molar-refractivity contribution < 1.29 is 43.8 Å². The van der Waals surface area contributed by atoms with Gasteiger partial charge in [-0.1, -0.05) is 0 Å². The number of aliphatic hydroxyl groups is 3. The molecule has 4 N–H and O–H groups in total. The smallest absolute Gasteiger partial charge is 0.217 e. The molecule has 2 heterocycles. The van der Waals surface area contributed by atoms with Gasteiger partial charge in [-0.3, -0.25) is 4.79 Å². The quantitative estimate of drug-likeness (QED) is 0.418. The van der Waals surface area contributed by atoms with Crippen LogP contribution in [0.5, 0.6) is 0 Å². The molecule has 1 amide bonds. The van der Waals surface area contributed by atoms with Crippen LogP contribution in [0, 0.1) is 0 Å². The van der Waals surface area contributed by atoms with E-state index in [0.717, 1.165) is 0 Å². The van der Waals surface area contributed by atoms with Gasteiger partial charge in [-0.2, -0.15) is 0 Å². The fourth-order valence-corrected chi connectivity index (χ4v) is 3.20. The summed E-state index contributed by atoms with van der Waals surface area (Å²) in [6.07, 6.45) is -6.88. The molecule has 0 bridgehead atoms. The number of nitrogens with one attached hydrogen (secondary N) is 1. The number of carbonyl (C=O) groups excluding carboxylic acids is 1. The first-order valence-corrected chi connectivity index (χ1v) is 8.57. The topological polar surface area (TPSA) is 136 Å². The maximum absolute atomic E-state index is 11.5. The van der Waals surface area contributed by atoms with Crippen LogP contribution in [-0.2, 0) is 28.5 Å². The van der Waals surface area contributed by atoms with E-state index >= 15 is 0 Å². The van der Waals surface area contributed by atoms with Crippen LogP contribution in [-0.4, -0.2) is 97.3 Å². The molecule has 2 saturated heterocycles. The van der Waals surface area contributed by atoms with Gasteiger partial charge in [-0.05, 0) is 6.92 Å². The lowest BCUT2D eigenvalue weighted by Gasteiger charge is -2.46. The minimum Gasteiger partial charge on any atom is -0.390 e. The molecule has 0 unspecified atom stereocenters. The third-order valence-electron chi connectivity index (χ3n) is 4.66. The zero-order valence-corrected chi connectivity index (χ0v) is 15.4. The molecule has 9 atom stereocenters. The predicted molar refractivity (Wildman–Crippen MR) is 87.0 cm³/mol. The molecule has 2 fully saturated rings. The third-order valence-corrected chi connectivity index (χ3v) is 4.66. The maximum Gasteiger partial charge on any atom is 0.217 e. The Morgan fingerprint density at radius 1 is 1.23 bits per heavy atom. The van der Waals surface area contributed by atoms with Crippen LogP contribution in [0.2, 0.25) is 0 Å². The largest absolute Gasteiger partial charge is 0.390 e. The zero-order chi connectivity index (χ0) is 19.4. The van der Waals surface area contributed by atoms with Gasteiger partial charge >= 0.3 is 0 Å². The molecule has 2 aliphatic heterocycles. The van der Waals surface area contributed by atoms with Gasteiger partial charge in [-0.25, -0.2) is 0 Å². The molecular formula is C16H29NO9. The second-order valence-corrected chi connectivity index (χ2v) is 6.62. The Hall–Kier alpha value is -0.850. The van der Waals surface area contributed by atoms with Gasteiger partial charge in [0.1, 0.15) is 30.5 Å². The van der Waals surface area contributed by atoms with E-state index in [0.29, 0.717) is 0 Å². The normalized spacial score (nSPS) is 43.9. The van der Waals surface area contributed by atoms with E-state index in [4.69, 9.17) is 23.7 Å². The van der Waals surface area contributed by atoms with Crippen molar-refractivity contribution in [1.82, 2.24) is 5.32 Å². The number of carbonyl (C=O) groups is 1. The first-order valence-electron chi connectivity index (χ1n) is 8.57. The Morgan fingerprint density at radius 2 is 1.92 bits per heavy atom. The fraction of sp³-hybridized carbons (Fsp3) is 0.938.